The molecule has 0 radical (unpaired) electrons. The van der Waals surface area contributed by atoms with Crippen molar-refractivity contribution < 1.29 is 32.7 Å². The highest BCUT2D eigenvalue weighted by Gasteiger charge is 2.32. The molecular weight excluding hydrogens is 450 g/mol. The molecule has 2 aromatic rings. The van der Waals surface area contributed by atoms with Gasteiger partial charge in [0.2, 0.25) is 0 Å². The van der Waals surface area contributed by atoms with Crippen LogP contribution in [-0.4, -0.2) is 63.1 Å². The number of likely N-dealkylation sites (tertiary alicyclic amines) is 1. The zero-order valence-corrected chi connectivity index (χ0v) is 19.2. The highest BCUT2D eigenvalue weighted by atomic mass is 32.2. The molecule has 1 aliphatic rings. The van der Waals surface area contributed by atoms with Crippen molar-refractivity contribution in [3.63, 3.8) is 0 Å². The first kappa shape index (κ1) is 24.5. The van der Waals surface area contributed by atoms with E-state index in [1.807, 2.05) is 4.90 Å². The molecule has 1 atom stereocenters. The molecule has 1 saturated heterocycles. The van der Waals surface area contributed by atoms with E-state index in [0.29, 0.717) is 24.3 Å². The zero-order chi connectivity index (χ0) is 24.0. The third-order valence-corrected chi connectivity index (χ3v) is 7.08. The van der Waals surface area contributed by atoms with Crippen molar-refractivity contribution in [3.8, 4) is 5.75 Å². The van der Waals surface area contributed by atoms with Crippen LogP contribution in [0.2, 0.25) is 0 Å². The number of carbonyl (C=O) groups is 2. The van der Waals surface area contributed by atoms with Crippen molar-refractivity contribution in [3.05, 3.63) is 53.6 Å². The van der Waals surface area contributed by atoms with Crippen LogP contribution in [0.1, 0.15) is 28.8 Å². The van der Waals surface area contributed by atoms with Gasteiger partial charge in [0.1, 0.15) is 17.7 Å². The SMILES string of the molecule is COC(=O)[C@@H]1CCCN1Cc1cccc(C(=O)NO)c1NCS(=O)(=O)c1ccc(OC)cc1. The predicted molar refractivity (Wildman–Crippen MR) is 120 cm³/mol. The molecule has 3 rings (SSSR count). The number of hydroxylamine groups is 1. The third kappa shape index (κ3) is 5.62. The third-order valence-electron chi connectivity index (χ3n) is 5.56. The van der Waals surface area contributed by atoms with E-state index in [1.54, 1.807) is 29.7 Å². The normalized spacial score (nSPS) is 16.3. The molecule has 11 heteroatoms. The summed E-state index contributed by atoms with van der Waals surface area (Å²) in [5, 5.41) is 12.0. The smallest absolute Gasteiger partial charge is 0.323 e. The summed E-state index contributed by atoms with van der Waals surface area (Å²) in [6.07, 6.45) is 1.46. The van der Waals surface area contributed by atoms with E-state index < -0.39 is 27.7 Å². The molecular formula is C22H27N3O7S. The highest BCUT2D eigenvalue weighted by molar-refractivity contribution is 7.91. The molecule has 1 aliphatic heterocycles. The first-order valence-corrected chi connectivity index (χ1v) is 11.9. The summed E-state index contributed by atoms with van der Waals surface area (Å²) < 4.78 is 35.7. The van der Waals surface area contributed by atoms with Gasteiger partial charge >= 0.3 is 5.97 Å². The van der Waals surface area contributed by atoms with Crippen molar-refractivity contribution in [2.75, 3.05) is 32.0 Å². The maximum atomic E-state index is 12.9. The number of ether oxygens (including phenoxy) is 2. The molecule has 0 spiro atoms. The van der Waals surface area contributed by atoms with Gasteiger partial charge in [0.15, 0.2) is 9.84 Å². The number of anilines is 1. The second-order valence-corrected chi connectivity index (χ2v) is 9.53. The number of nitrogens with zero attached hydrogens (tertiary/aromatic N) is 1. The zero-order valence-electron chi connectivity index (χ0n) is 18.4. The van der Waals surface area contributed by atoms with Crippen LogP contribution in [0.5, 0.6) is 5.75 Å². The van der Waals surface area contributed by atoms with Crippen molar-refractivity contribution in [1.82, 2.24) is 10.4 Å². The van der Waals surface area contributed by atoms with Gasteiger partial charge in [-0.15, -0.1) is 0 Å². The van der Waals surface area contributed by atoms with Crippen LogP contribution in [0.3, 0.4) is 0 Å². The Morgan fingerprint density at radius 1 is 1.15 bits per heavy atom. The second kappa shape index (κ2) is 10.6. The van der Waals surface area contributed by atoms with Gasteiger partial charge in [0.05, 0.1) is 30.4 Å². The number of hydrogen-bond acceptors (Lipinski definition) is 9. The van der Waals surface area contributed by atoms with Gasteiger partial charge in [-0.05, 0) is 55.3 Å². The van der Waals surface area contributed by atoms with Gasteiger partial charge < -0.3 is 14.8 Å². The molecule has 0 aromatic heterocycles. The Morgan fingerprint density at radius 3 is 2.52 bits per heavy atom. The minimum Gasteiger partial charge on any atom is -0.497 e. The summed E-state index contributed by atoms with van der Waals surface area (Å²) in [6, 6.07) is 10.4. The number of sulfone groups is 1. The fourth-order valence-electron chi connectivity index (χ4n) is 3.86. The van der Waals surface area contributed by atoms with Crippen molar-refractivity contribution in [2.45, 2.75) is 30.3 Å². The molecule has 10 nitrogen and oxygen atoms in total. The van der Waals surface area contributed by atoms with Crippen molar-refractivity contribution in [1.29, 1.82) is 0 Å². The number of hydrogen-bond donors (Lipinski definition) is 3. The van der Waals surface area contributed by atoms with E-state index in [2.05, 4.69) is 5.32 Å². The summed E-state index contributed by atoms with van der Waals surface area (Å²) >= 11 is 0. The molecule has 2 aromatic carbocycles. The lowest BCUT2D eigenvalue weighted by Crippen LogP contribution is -2.36. The molecule has 178 valence electrons. The molecule has 0 aliphatic carbocycles. The summed E-state index contributed by atoms with van der Waals surface area (Å²) in [6.45, 7) is 0.941. The van der Waals surface area contributed by atoms with Gasteiger partial charge in [-0.25, -0.2) is 13.9 Å². The average molecular weight is 478 g/mol. The molecule has 0 bridgehead atoms. The van der Waals surface area contributed by atoms with Crippen molar-refractivity contribution in [2.24, 2.45) is 0 Å². The Hall–Kier alpha value is -3.15. The van der Waals surface area contributed by atoms with E-state index >= 15 is 0 Å². The fourth-order valence-corrected chi connectivity index (χ4v) is 4.91. The van der Waals surface area contributed by atoms with E-state index in [9.17, 15) is 18.0 Å². The van der Waals surface area contributed by atoms with Crippen LogP contribution in [0.4, 0.5) is 5.69 Å². The summed E-state index contributed by atoms with van der Waals surface area (Å²) in [5.74, 6) is -1.08. The fraction of sp³-hybridized carbons (Fsp3) is 0.364. The lowest BCUT2D eigenvalue weighted by Gasteiger charge is -2.24. The minimum absolute atomic E-state index is 0.0775. The first-order valence-electron chi connectivity index (χ1n) is 10.3. The van der Waals surface area contributed by atoms with E-state index in [1.165, 1.54) is 32.4 Å². The van der Waals surface area contributed by atoms with Crippen LogP contribution in [0.15, 0.2) is 47.4 Å². The number of benzene rings is 2. The molecule has 1 fully saturated rings. The highest BCUT2D eigenvalue weighted by Crippen LogP contribution is 2.28. The van der Waals surface area contributed by atoms with Crippen LogP contribution in [0, 0.1) is 0 Å². The van der Waals surface area contributed by atoms with E-state index in [-0.39, 0.29) is 28.7 Å². The van der Waals surface area contributed by atoms with Gasteiger partial charge in [-0.3, -0.25) is 19.7 Å². The van der Waals surface area contributed by atoms with Gasteiger partial charge in [-0.2, -0.15) is 0 Å². The summed E-state index contributed by atoms with van der Waals surface area (Å²) in [4.78, 5) is 26.4. The number of amides is 1. The Kier molecular flexibility index (Phi) is 7.90. The van der Waals surface area contributed by atoms with Crippen LogP contribution < -0.4 is 15.5 Å². The standard InChI is InChI=1S/C22H27N3O7S/c1-31-16-8-10-17(11-9-16)33(29,30)14-23-20-15(5-3-6-18(20)21(26)24-28)13-25-12-4-7-19(25)22(27)32-2/h3,5-6,8-11,19,23,28H,4,7,12-14H2,1-2H3,(H,24,26)/t19-/m0/s1. The number of esters is 1. The van der Waals surface area contributed by atoms with Gasteiger partial charge in [0.25, 0.3) is 5.91 Å². The van der Waals surface area contributed by atoms with Crippen molar-refractivity contribution >= 4 is 27.4 Å². The molecule has 33 heavy (non-hydrogen) atoms. The maximum Gasteiger partial charge on any atom is 0.323 e. The first-order chi connectivity index (χ1) is 15.8. The molecule has 1 heterocycles. The largest absolute Gasteiger partial charge is 0.497 e. The predicted octanol–water partition coefficient (Wildman–Crippen LogP) is 1.79. The van der Waals surface area contributed by atoms with Gasteiger partial charge in [0, 0.05) is 6.54 Å². The number of carbonyl (C=O) groups excluding carboxylic acids is 2. The number of nitrogens with one attached hydrogen (secondary N) is 2. The topological polar surface area (TPSA) is 134 Å². The minimum atomic E-state index is -3.75. The number of rotatable bonds is 9. The molecule has 0 saturated carbocycles. The summed E-state index contributed by atoms with van der Waals surface area (Å²) in [5.41, 5.74) is 2.54. The quantitative estimate of drug-likeness (QED) is 0.281. The lowest BCUT2D eigenvalue weighted by molar-refractivity contribution is -0.146. The Labute approximate surface area is 192 Å². The van der Waals surface area contributed by atoms with Crippen LogP contribution in [-0.2, 0) is 25.9 Å². The average Bonchev–Trinajstić information content (AvgIpc) is 3.30. The number of methoxy groups -OCH3 is 2. The Morgan fingerprint density at radius 2 is 1.88 bits per heavy atom. The lowest BCUT2D eigenvalue weighted by atomic mass is 10.1. The van der Waals surface area contributed by atoms with Gasteiger partial charge in [-0.1, -0.05) is 12.1 Å². The van der Waals surface area contributed by atoms with E-state index in [4.69, 9.17) is 14.7 Å². The monoisotopic (exact) mass is 477 g/mol. The summed E-state index contributed by atoms with van der Waals surface area (Å²) in [7, 11) is -0.931. The molecule has 3 N–H and O–H groups in total. The second-order valence-electron chi connectivity index (χ2n) is 7.54. The molecule has 1 amide bonds. The number of para-hydroxylation sites is 1. The van der Waals surface area contributed by atoms with Crippen LogP contribution in [0.25, 0.3) is 0 Å². The Bertz CT molecular complexity index is 1100. The van der Waals surface area contributed by atoms with Crippen LogP contribution >= 0.6 is 0 Å². The van der Waals surface area contributed by atoms with E-state index in [0.717, 1.165) is 6.42 Å². The maximum absolute atomic E-state index is 12.9. The Balaban J connectivity index is 1.89. The molecule has 0 unspecified atom stereocenters.